The maximum atomic E-state index is 13.8. The molecule has 0 unspecified atom stereocenters. The molecule has 7 nitrogen and oxygen atoms in total. The van der Waals surface area contributed by atoms with E-state index in [-0.39, 0.29) is 11.3 Å². The predicted molar refractivity (Wildman–Crippen MR) is 136 cm³/mol. The van der Waals surface area contributed by atoms with Gasteiger partial charge in [0.2, 0.25) is 0 Å². The minimum Gasteiger partial charge on any atom is -0.507 e. The van der Waals surface area contributed by atoms with Gasteiger partial charge in [-0.15, -0.1) is 0 Å². The summed E-state index contributed by atoms with van der Waals surface area (Å²) >= 11 is 6.36. The van der Waals surface area contributed by atoms with Crippen LogP contribution >= 0.6 is 11.6 Å². The molecular formula is C27H27ClN4O3. The summed E-state index contributed by atoms with van der Waals surface area (Å²) in [6.45, 7) is 4.99. The Morgan fingerprint density at radius 2 is 1.89 bits per heavy atom. The summed E-state index contributed by atoms with van der Waals surface area (Å²) in [5, 5.41) is 11.7. The molecule has 0 saturated carbocycles. The Morgan fingerprint density at radius 1 is 1.06 bits per heavy atom. The summed E-state index contributed by atoms with van der Waals surface area (Å²) in [5.74, 6) is 1.60. The van der Waals surface area contributed by atoms with Crippen LogP contribution < -0.4 is 10.5 Å². The van der Waals surface area contributed by atoms with E-state index in [1.54, 1.807) is 29.2 Å². The van der Waals surface area contributed by atoms with Crippen molar-refractivity contribution in [3.05, 3.63) is 111 Å². The molecule has 4 heterocycles. The van der Waals surface area contributed by atoms with Crippen molar-refractivity contribution >= 4 is 17.4 Å². The number of piperazine rings is 1. The van der Waals surface area contributed by atoms with Gasteiger partial charge < -0.3 is 19.0 Å². The Labute approximate surface area is 208 Å². The zero-order chi connectivity index (χ0) is 24.4. The van der Waals surface area contributed by atoms with Crippen molar-refractivity contribution < 1.29 is 9.52 Å². The molecule has 1 aliphatic heterocycles. The fraction of sp³-hybridized carbons (Fsp3) is 0.259. The molecule has 1 N–H and O–H groups in total. The molecule has 5 rings (SSSR count). The zero-order valence-corrected chi connectivity index (χ0v) is 20.2. The van der Waals surface area contributed by atoms with Gasteiger partial charge in [0.25, 0.3) is 5.56 Å². The Kier molecular flexibility index (Phi) is 6.61. The fourth-order valence-corrected chi connectivity index (χ4v) is 4.97. The number of halogens is 1. The molecule has 1 saturated heterocycles. The number of furan rings is 1. The lowest BCUT2D eigenvalue weighted by Gasteiger charge is -2.40. The van der Waals surface area contributed by atoms with E-state index in [1.165, 1.54) is 0 Å². The Balaban J connectivity index is 1.54. The largest absolute Gasteiger partial charge is 0.507 e. The summed E-state index contributed by atoms with van der Waals surface area (Å²) in [7, 11) is 0. The maximum Gasteiger partial charge on any atom is 0.260 e. The van der Waals surface area contributed by atoms with Crippen LogP contribution in [0.4, 0.5) is 5.82 Å². The highest BCUT2D eigenvalue weighted by molar-refractivity contribution is 6.30. The van der Waals surface area contributed by atoms with E-state index in [2.05, 4.69) is 14.8 Å². The number of rotatable bonds is 6. The normalized spacial score (nSPS) is 15.3. The van der Waals surface area contributed by atoms with Crippen molar-refractivity contribution in [2.24, 2.45) is 0 Å². The van der Waals surface area contributed by atoms with Gasteiger partial charge in [0.05, 0.1) is 24.4 Å². The second-order valence-electron chi connectivity index (χ2n) is 8.72. The topological polar surface area (TPSA) is 74.7 Å². The van der Waals surface area contributed by atoms with Gasteiger partial charge in [-0.3, -0.25) is 9.69 Å². The number of aryl methyl sites for hydroxylation is 1. The minimum absolute atomic E-state index is 0.0136. The average molecular weight is 491 g/mol. The van der Waals surface area contributed by atoms with Gasteiger partial charge >= 0.3 is 0 Å². The number of pyridine rings is 2. The number of aromatic nitrogens is 2. The molecule has 0 bridgehead atoms. The monoisotopic (exact) mass is 490 g/mol. The highest BCUT2D eigenvalue weighted by atomic mass is 35.5. The maximum absolute atomic E-state index is 13.8. The van der Waals surface area contributed by atoms with E-state index in [0.29, 0.717) is 41.7 Å². The molecule has 4 aromatic rings. The SMILES string of the molecule is Cc1cc(O)c([C@H](c2cccc(Cl)c2)N2CCN(c3ccccn3)CC2)c(=O)n1Cc1ccco1. The quantitative estimate of drug-likeness (QED) is 0.430. The van der Waals surface area contributed by atoms with Crippen molar-refractivity contribution in [2.75, 3.05) is 31.1 Å². The molecule has 3 aromatic heterocycles. The molecule has 1 atom stereocenters. The van der Waals surface area contributed by atoms with Crippen molar-refractivity contribution in [1.29, 1.82) is 0 Å². The molecule has 8 heteroatoms. The van der Waals surface area contributed by atoms with Gasteiger partial charge in [0.15, 0.2) is 0 Å². The first kappa shape index (κ1) is 23.2. The smallest absolute Gasteiger partial charge is 0.260 e. The lowest BCUT2D eigenvalue weighted by Crippen LogP contribution is -2.49. The number of anilines is 1. The second-order valence-corrected chi connectivity index (χ2v) is 9.16. The van der Waals surface area contributed by atoms with Gasteiger partial charge in [0.1, 0.15) is 17.3 Å². The standard InChI is InChI=1S/C27H27ClN4O3/c1-19-16-23(33)25(27(34)32(19)18-22-8-5-15-35-22)26(20-6-4-7-21(28)17-20)31-13-11-30(12-14-31)24-9-2-3-10-29-24/h2-10,15-17,26,33H,11-14,18H2,1H3/t26-/m0/s1. The molecule has 0 amide bonds. The summed E-state index contributed by atoms with van der Waals surface area (Å²) in [6, 6.07) is 18.2. The first-order valence-corrected chi connectivity index (χ1v) is 12.0. The number of aromatic hydroxyl groups is 1. The van der Waals surface area contributed by atoms with Crippen LogP contribution in [-0.4, -0.2) is 45.7 Å². The van der Waals surface area contributed by atoms with E-state index < -0.39 is 6.04 Å². The van der Waals surface area contributed by atoms with Crippen LogP contribution in [0.25, 0.3) is 0 Å². The highest BCUT2D eigenvalue weighted by Crippen LogP contribution is 2.34. The number of hydrogen-bond acceptors (Lipinski definition) is 6. The van der Waals surface area contributed by atoms with Crippen LogP contribution in [0.3, 0.4) is 0 Å². The lowest BCUT2D eigenvalue weighted by molar-refractivity contribution is 0.207. The van der Waals surface area contributed by atoms with E-state index in [1.807, 2.05) is 55.5 Å². The van der Waals surface area contributed by atoms with Crippen LogP contribution in [-0.2, 0) is 6.54 Å². The summed E-state index contributed by atoms with van der Waals surface area (Å²) in [5.41, 5.74) is 1.63. The third kappa shape index (κ3) is 4.83. The van der Waals surface area contributed by atoms with Gasteiger partial charge in [-0.25, -0.2) is 4.98 Å². The van der Waals surface area contributed by atoms with Crippen molar-refractivity contribution in [2.45, 2.75) is 19.5 Å². The van der Waals surface area contributed by atoms with Crippen LogP contribution in [0.5, 0.6) is 5.75 Å². The van der Waals surface area contributed by atoms with Crippen molar-refractivity contribution in [3.63, 3.8) is 0 Å². The Hall–Kier alpha value is -3.55. The number of hydrogen-bond donors (Lipinski definition) is 1. The van der Waals surface area contributed by atoms with Gasteiger partial charge in [0, 0.05) is 43.1 Å². The molecule has 35 heavy (non-hydrogen) atoms. The Morgan fingerprint density at radius 3 is 2.57 bits per heavy atom. The fourth-order valence-electron chi connectivity index (χ4n) is 4.77. The first-order valence-electron chi connectivity index (χ1n) is 11.6. The third-order valence-corrected chi connectivity index (χ3v) is 6.74. The second kappa shape index (κ2) is 9.98. The van der Waals surface area contributed by atoms with Gasteiger partial charge in [-0.1, -0.05) is 29.8 Å². The predicted octanol–water partition coefficient (Wildman–Crippen LogP) is 4.46. The molecule has 0 radical (unpaired) electrons. The van der Waals surface area contributed by atoms with Gasteiger partial charge in [-0.05, 0) is 55.0 Å². The van der Waals surface area contributed by atoms with Crippen molar-refractivity contribution in [1.82, 2.24) is 14.5 Å². The van der Waals surface area contributed by atoms with E-state index in [9.17, 15) is 9.90 Å². The average Bonchev–Trinajstić information content (AvgIpc) is 3.38. The zero-order valence-electron chi connectivity index (χ0n) is 19.5. The van der Waals surface area contributed by atoms with Crippen LogP contribution in [0, 0.1) is 6.92 Å². The van der Waals surface area contributed by atoms with E-state index >= 15 is 0 Å². The minimum atomic E-state index is -0.449. The molecule has 180 valence electrons. The van der Waals surface area contributed by atoms with Crippen LogP contribution in [0.2, 0.25) is 5.02 Å². The highest BCUT2D eigenvalue weighted by Gasteiger charge is 2.32. The number of benzene rings is 1. The number of nitrogens with zero attached hydrogens (tertiary/aromatic N) is 4. The molecule has 1 aliphatic rings. The van der Waals surface area contributed by atoms with Crippen molar-refractivity contribution in [3.8, 4) is 5.75 Å². The lowest BCUT2D eigenvalue weighted by atomic mass is 9.96. The first-order chi connectivity index (χ1) is 17.0. The molecule has 1 fully saturated rings. The summed E-state index contributed by atoms with van der Waals surface area (Å²) in [6.07, 6.45) is 3.38. The van der Waals surface area contributed by atoms with E-state index in [0.717, 1.165) is 24.5 Å². The van der Waals surface area contributed by atoms with E-state index in [4.69, 9.17) is 16.0 Å². The van der Waals surface area contributed by atoms with Crippen LogP contribution in [0.15, 0.2) is 82.3 Å². The molecular weight excluding hydrogens is 464 g/mol. The molecule has 0 spiro atoms. The third-order valence-electron chi connectivity index (χ3n) is 6.51. The summed E-state index contributed by atoms with van der Waals surface area (Å²) < 4.78 is 7.14. The Bertz CT molecular complexity index is 1350. The molecule has 1 aromatic carbocycles. The summed E-state index contributed by atoms with van der Waals surface area (Å²) in [4.78, 5) is 22.8. The van der Waals surface area contributed by atoms with Crippen LogP contribution in [0.1, 0.15) is 28.6 Å². The molecule has 0 aliphatic carbocycles. The van der Waals surface area contributed by atoms with Gasteiger partial charge in [-0.2, -0.15) is 0 Å².